The summed E-state index contributed by atoms with van der Waals surface area (Å²) in [6, 6.07) is 6.11. The second-order valence-electron chi connectivity index (χ2n) is 12.0. The summed E-state index contributed by atoms with van der Waals surface area (Å²) in [4.78, 5) is 58.4. The molecular weight excluding hydrogens is 488 g/mol. The number of ketones is 1. The van der Waals surface area contributed by atoms with Crippen molar-refractivity contribution in [1.29, 1.82) is 0 Å². The van der Waals surface area contributed by atoms with Crippen LogP contribution in [-0.2, 0) is 25.7 Å². The highest BCUT2D eigenvalue weighted by atomic mass is 32.1. The fraction of sp³-hybridized carbons (Fsp3) is 0.536. The number of aryl methyl sites for hydroxylation is 1. The summed E-state index contributed by atoms with van der Waals surface area (Å²) < 4.78 is 0. The number of nitrogens with one attached hydrogen (secondary N) is 2. The zero-order valence-corrected chi connectivity index (χ0v) is 23.6. The van der Waals surface area contributed by atoms with E-state index in [0.717, 1.165) is 21.7 Å². The van der Waals surface area contributed by atoms with E-state index in [1.807, 2.05) is 78.2 Å². The van der Waals surface area contributed by atoms with Gasteiger partial charge in [0.1, 0.15) is 12.1 Å². The van der Waals surface area contributed by atoms with Gasteiger partial charge in [-0.3, -0.25) is 19.2 Å². The number of amides is 3. The number of thiazole rings is 1. The second-order valence-corrected chi connectivity index (χ2v) is 12.9. The third-order valence-electron chi connectivity index (χ3n) is 6.27. The van der Waals surface area contributed by atoms with Crippen molar-refractivity contribution in [2.75, 3.05) is 6.54 Å². The van der Waals surface area contributed by atoms with Crippen LogP contribution in [0.2, 0.25) is 0 Å². The molecular formula is C28H38N4O4S. The van der Waals surface area contributed by atoms with Crippen molar-refractivity contribution in [2.24, 2.45) is 10.8 Å². The molecule has 8 nitrogen and oxygen atoms in total. The number of carbonyl (C=O) groups is 4. The molecule has 1 aliphatic rings. The molecule has 1 saturated heterocycles. The van der Waals surface area contributed by atoms with Crippen LogP contribution in [-0.4, -0.2) is 52.0 Å². The van der Waals surface area contributed by atoms with Crippen LogP contribution in [0.25, 0.3) is 10.4 Å². The highest BCUT2D eigenvalue weighted by Crippen LogP contribution is 2.28. The summed E-state index contributed by atoms with van der Waals surface area (Å²) in [7, 11) is 0. The van der Waals surface area contributed by atoms with E-state index in [1.54, 1.807) is 11.3 Å². The lowest BCUT2D eigenvalue weighted by Gasteiger charge is -2.35. The van der Waals surface area contributed by atoms with Crippen molar-refractivity contribution in [3.05, 3.63) is 41.0 Å². The number of hydrogen-bond donors (Lipinski definition) is 2. The average molecular weight is 527 g/mol. The Morgan fingerprint density at radius 2 is 1.76 bits per heavy atom. The third-order valence-corrected chi connectivity index (χ3v) is 7.24. The first-order valence-electron chi connectivity index (χ1n) is 12.5. The maximum atomic E-state index is 13.6. The molecule has 3 rings (SSSR count). The second kappa shape index (κ2) is 11.1. The minimum absolute atomic E-state index is 0.0338. The lowest BCUT2D eigenvalue weighted by atomic mass is 9.84. The van der Waals surface area contributed by atoms with Crippen molar-refractivity contribution in [3.63, 3.8) is 0 Å². The Labute approximate surface area is 223 Å². The number of aromatic nitrogens is 1. The molecule has 37 heavy (non-hydrogen) atoms. The summed E-state index contributed by atoms with van der Waals surface area (Å²) in [5.74, 6) is -1.20. The molecule has 0 saturated carbocycles. The summed E-state index contributed by atoms with van der Waals surface area (Å²) in [5.41, 5.74) is 3.92. The lowest BCUT2D eigenvalue weighted by Crippen LogP contribution is -2.58. The minimum atomic E-state index is -0.900. The molecule has 2 heterocycles. The molecule has 9 heteroatoms. The molecule has 2 unspecified atom stereocenters. The van der Waals surface area contributed by atoms with Crippen molar-refractivity contribution >= 4 is 34.8 Å². The number of nitrogens with zero attached hydrogens (tertiary/aromatic N) is 2. The van der Waals surface area contributed by atoms with Crippen molar-refractivity contribution in [3.8, 4) is 10.4 Å². The summed E-state index contributed by atoms with van der Waals surface area (Å²) in [5, 5.41) is 5.75. The van der Waals surface area contributed by atoms with Gasteiger partial charge in [0, 0.05) is 19.4 Å². The molecule has 0 bridgehead atoms. The molecule has 2 atom stereocenters. The molecule has 200 valence electrons. The van der Waals surface area contributed by atoms with Gasteiger partial charge in [0.15, 0.2) is 5.78 Å². The quantitative estimate of drug-likeness (QED) is 0.569. The fourth-order valence-electron chi connectivity index (χ4n) is 4.32. The van der Waals surface area contributed by atoms with E-state index in [1.165, 1.54) is 4.90 Å². The van der Waals surface area contributed by atoms with Gasteiger partial charge in [-0.1, -0.05) is 65.8 Å². The maximum absolute atomic E-state index is 13.6. The van der Waals surface area contributed by atoms with E-state index < -0.39 is 23.4 Å². The van der Waals surface area contributed by atoms with E-state index in [9.17, 15) is 19.2 Å². The van der Waals surface area contributed by atoms with Gasteiger partial charge in [-0.05, 0) is 28.9 Å². The van der Waals surface area contributed by atoms with Crippen LogP contribution in [0.5, 0.6) is 0 Å². The van der Waals surface area contributed by atoms with Crippen LogP contribution < -0.4 is 10.6 Å². The molecule has 1 aromatic heterocycles. The van der Waals surface area contributed by atoms with E-state index >= 15 is 0 Å². The topological polar surface area (TPSA) is 108 Å². The maximum Gasteiger partial charge on any atom is 0.246 e. The van der Waals surface area contributed by atoms with Crippen LogP contribution >= 0.6 is 11.3 Å². The van der Waals surface area contributed by atoms with Crippen LogP contribution in [0, 0.1) is 17.8 Å². The zero-order valence-electron chi connectivity index (χ0n) is 22.8. The van der Waals surface area contributed by atoms with Crippen LogP contribution in [0.3, 0.4) is 0 Å². The SMILES string of the molecule is Cc1ncsc1-c1ccc(CNC(=O)C2CC(=O)CN2C(=O)C(NC(=O)CC(C)(C)C)C(C)(C)C)cc1. The Kier molecular flexibility index (Phi) is 8.57. The van der Waals surface area contributed by atoms with Crippen LogP contribution in [0.15, 0.2) is 29.8 Å². The molecule has 0 spiro atoms. The average Bonchev–Trinajstić information content (AvgIpc) is 3.39. The van der Waals surface area contributed by atoms with Gasteiger partial charge in [0.2, 0.25) is 17.7 Å². The number of benzene rings is 1. The molecule has 1 fully saturated rings. The van der Waals surface area contributed by atoms with E-state index in [0.29, 0.717) is 0 Å². The molecule has 3 amide bonds. The van der Waals surface area contributed by atoms with Crippen LogP contribution in [0.4, 0.5) is 0 Å². The fourth-order valence-corrected chi connectivity index (χ4v) is 5.14. The smallest absolute Gasteiger partial charge is 0.246 e. The Bertz CT molecular complexity index is 1160. The number of hydrogen-bond acceptors (Lipinski definition) is 6. The normalized spacial score (nSPS) is 17.0. The van der Waals surface area contributed by atoms with Crippen molar-refractivity contribution in [1.82, 2.24) is 20.5 Å². The predicted molar refractivity (Wildman–Crippen MR) is 145 cm³/mol. The molecule has 0 aliphatic carbocycles. The van der Waals surface area contributed by atoms with E-state index in [4.69, 9.17) is 0 Å². The highest BCUT2D eigenvalue weighted by molar-refractivity contribution is 7.13. The Balaban J connectivity index is 1.68. The minimum Gasteiger partial charge on any atom is -0.350 e. The molecule has 1 aliphatic heterocycles. The number of rotatable bonds is 7. The number of Topliss-reactive ketones (excluding diaryl/α,β-unsaturated/α-hetero) is 1. The third kappa shape index (κ3) is 7.47. The summed E-state index contributed by atoms with van der Waals surface area (Å²) in [6.45, 7) is 13.5. The van der Waals surface area contributed by atoms with Gasteiger partial charge in [0.05, 0.1) is 22.6 Å². The van der Waals surface area contributed by atoms with Gasteiger partial charge >= 0.3 is 0 Å². The van der Waals surface area contributed by atoms with Gasteiger partial charge in [-0.25, -0.2) is 4.98 Å². The number of carbonyl (C=O) groups excluding carboxylic acids is 4. The summed E-state index contributed by atoms with van der Waals surface area (Å²) in [6.07, 6.45) is 0.227. The lowest BCUT2D eigenvalue weighted by molar-refractivity contribution is -0.144. The molecule has 1 aromatic carbocycles. The Morgan fingerprint density at radius 3 is 2.30 bits per heavy atom. The van der Waals surface area contributed by atoms with Crippen LogP contribution in [0.1, 0.15) is 65.6 Å². The van der Waals surface area contributed by atoms with E-state index in [2.05, 4.69) is 15.6 Å². The zero-order chi connectivity index (χ0) is 27.5. The Hall–Kier alpha value is -3.07. The Morgan fingerprint density at radius 1 is 1.11 bits per heavy atom. The monoisotopic (exact) mass is 526 g/mol. The van der Waals surface area contributed by atoms with Gasteiger partial charge in [-0.15, -0.1) is 11.3 Å². The largest absolute Gasteiger partial charge is 0.350 e. The summed E-state index contributed by atoms with van der Waals surface area (Å²) >= 11 is 1.58. The number of likely N-dealkylation sites (tertiary alicyclic amines) is 1. The van der Waals surface area contributed by atoms with Gasteiger partial charge < -0.3 is 15.5 Å². The van der Waals surface area contributed by atoms with Crippen molar-refractivity contribution < 1.29 is 19.2 Å². The highest BCUT2D eigenvalue weighted by Gasteiger charge is 2.44. The standard InChI is InChI=1S/C28H38N4O4S/c1-17-23(37-16-30-17)19-10-8-18(9-11-19)14-29-25(35)21-12-20(33)15-32(21)26(36)24(28(5,6)7)31-22(34)13-27(2,3)4/h8-11,16,21,24H,12-15H2,1-7H3,(H,29,35)(H,31,34). The first-order chi connectivity index (χ1) is 17.2. The first-order valence-corrected chi connectivity index (χ1v) is 13.4. The molecule has 2 aromatic rings. The first kappa shape index (κ1) is 28.5. The predicted octanol–water partition coefficient (Wildman–Crippen LogP) is 3.87. The van der Waals surface area contributed by atoms with Gasteiger partial charge in [-0.2, -0.15) is 0 Å². The van der Waals surface area contributed by atoms with Gasteiger partial charge in [0.25, 0.3) is 0 Å². The molecule has 0 radical (unpaired) electrons. The van der Waals surface area contributed by atoms with Crippen molar-refractivity contribution in [2.45, 2.75) is 79.9 Å². The van der Waals surface area contributed by atoms with E-state index in [-0.39, 0.29) is 48.9 Å². The molecule has 2 N–H and O–H groups in total.